The van der Waals surface area contributed by atoms with Crippen molar-refractivity contribution in [3.63, 3.8) is 0 Å². The van der Waals surface area contributed by atoms with Gasteiger partial charge in [-0.2, -0.15) is 0 Å². The number of rotatable bonds is 8. The molecule has 1 aromatic carbocycles. The highest BCUT2D eigenvalue weighted by molar-refractivity contribution is 5.97. The van der Waals surface area contributed by atoms with E-state index in [1.807, 2.05) is 6.07 Å². The summed E-state index contributed by atoms with van der Waals surface area (Å²) in [7, 11) is 0. The third-order valence-electron chi connectivity index (χ3n) is 7.37. The molecular formula is C30H48N8O5. The van der Waals surface area contributed by atoms with Gasteiger partial charge < -0.3 is 38.1 Å². The lowest BCUT2D eigenvalue weighted by Crippen LogP contribution is -2.62. The molecule has 9 N–H and O–H groups in total. The highest BCUT2D eigenvalue weighted by atomic mass is 16.2. The molecular weight excluding hydrogens is 552 g/mol. The highest BCUT2D eigenvalue weighted by Crippen LogP contribution is 2.19. The summed E-state index contributed by atoms with van der Waals surface area (Å²) in [5, 5.41) is 14.1. The molecule has 0 radical (unpaired) electrons. The van der Waals surface area contributed by atoms with Crippen molar-refractivity contribution in [2.45, 2.75) is 96.3 Å². The molecule has 1 aromatic rings. The SMILES string of the molecule is CC[C@@H]1NC(=O)C(CCCN=C(N)N)NC(=O)[C@](C)(NC(=O)C(C)C)CCCCCNC(=O)[C@@H](c2ccccc2)NC1=O. The third kappa shape index (κ3) is 11.2. The van der Waals surface area contributed by atoms with E-state index in [0.717, 1.165) is 0 Å². The van der Waals surface area contributed by atoms with Gasteiger partial charge >= 0.3 is 0 Å². The number of hydrogen-bond acceptors (Lipinski definition) is 6. The maximum atomic E-state index is 13.7. The predicted molar refractivity (Wildman–Crippen MR) is 164 cm³/mol. The molecule has 0 spiro atoms. The lowest BCUT2D eigenvalue weighted by atomic mass is 9.91. The van der Waals surface area contributed by atoms with Gasteiger partial charge in [0.25, 0.3) is 0 Å². The quantitative estimate of drug-likeness (QED) is 0.127. The fraction of sp³-hybridized carbons (Fsp3) is 0.600. The van der Waals surface area contributed by atoms with E-state index >= 15 is 0 Å². The standard InChI is InChI=1S/C30H48N8O5/c1-5-21-25(40)37-23(20-13-8-6-9-14-20)27(42)33-17-11-7-10-16-30(4,38-24(39)19(2)3)28(43)36-22(26(41)35-21)15-12-18-34-29(31)32/h6,8-9,13-14,19,21-23H,5,7,10-12,15-18H2,1-4H3,(H,33,42)(H,35,41)(H,36,43)(H,37,40)(H,38,39)(H4,31,32,34)/t21-,22?,23+,30+/m0/s1. The van der Waals surface area contributed by atoms with Gasteiger partial charge in [0.2, 0.25) is 29.5 Å². The van der Waals surface area contributed by atoms with E-state index in [9.17, 15) is 24.0 Å². The maximum Gasteiger partial charge on any atom is 0.247 e. The van der Waals surface area contributed by atoms with Gasteiger partial charge in [-0.1, -0.05) is 63.9 Å². The van der Waals surface area contributed by atoms with Crippen LogP contribution in [0.4, 0.5) is 0 Å². The van der Waals surface area contributed by atoms with Crippen LogP contribution in [0.15, 0.2) is 35.3 Å². The Labute approximate surface area is 253 Å². The first-order valence-electron chi connectivity index (χ1n) is 15.0. The van der Waals surface area contributed by atoms with E-state index in [2.05, 4.69) is 31.6 Å². The van der Waals surface area contributed by atoms with Crippen LogP contribution in [-0.4, -0.2) is 66.2 Å². The van der Waals surface area contributed by atoms with Crippen LogP contribution < -0.4 is 38.1 Å². The largest absolute Gasteiger partial charge is 0.370 e. The first-order chi connectivity index (χ1) is 20.4. The number of nitrogens with zero attached hydrogens (tertiary/aromatic N) is 1. The maximum absolute atomic E-state index is 13.7. The zero-order valence-electron chi connectivity index (χ0n) is 25.7. The number of carbonyl (C=O) groups excluding carboxylic acids is 5. The van der Waals surface area contributed by atoms with E-state index < -0.39 is 41.4 Å². The summed E-state index contributed by atoms with van der Waals surface area (Å²) in [4.78, 5) is 70.4. The topological polar surface area (TPSA) is 210 Å². The molecule has 5 amide bonds. The lowest BCUT2D eigenvalue weighted by Gasteiger charge is -2.32. The molecule has 0 bridgehead atoms. The zero-order chi connectivity index (χ0) is 32.0. The Morgan fingerprint density at radius 3 is 2.28 bits per heavy atom. The van der Waals surface area contributed by atoms with Gasteiger partial charge in [0.1, 0.15) is 23.7 Å². The van der Waals surface area contributed by atoms with Crippen molar-refractivity contribution in [1.82, 2.24) is 26.6 Å². The summed E-state index contributed by atoms with van der Waals surface area (Å²) < 4.78 is 0. The van der Waals surface area contributed by atoms with Crippen molar-refractivity contribution in [2.75, 3.05) is 13.1 Å². The minimum Gasteiger partial charge on any atom is -0.370 e. The number of nitrogens with two attached hydrogens (primary N) is 2. The number of guanidine groups is 1. The van der Waals surface area contributed by atoms with Gasteiger partial charge in [-0.15, -0.1) is 0 Å². The van der Waals surface area contributed by atoms with Gasteiger partial charge in [0.15, 0.2) is 5.96 Å². The minimum atomic E-state index is -1.29. The smallest absolute Gasteiger partial charge is 0.247 e. The summed E-state index contributed by atoms with van der Waals surface area (Å²) in [5.74, 6) is -2.74. The summed E-state index contributed by atoms with van der Waals surface area (Å²) in [5.41, 5.74) is 10.2. The Morgan fingerprint density at radius 1 is 0.977 bits per heavy atom. The second kappa shape index (κ2) is 17.1. The lowest BCUT2D eigenvalue weighted by molar-refractivity contribution is -0.137. The summed E-state index contributed by atoms with van der Waals surface area (Å²) >= 11 is 0. The third-order valence-corrected chi connectivity index (χ3v) is 7.37. The molecule has 4 atom stereocenters. The Morgan fingerprint density at radius 2 is 1.65 bits per heavy atom. The second-order valence-electron chi connectivity index (χ2n) is 11.4. The Kier molecular flexibility index (Phi) is 13.9. The highest BCUT2D eigenvalue weighted by Gasteiger charge is 2.38. The van der Waals surface area contributed by atoms with Crippen molar-refractivity contribution in [3.05, 3.63) is 35.9 Å². The molecule has 0 aliphatic carbocycles. The molecule has 13 heteroatoms. The fourth-order valence-corrected chi connectivity index (χ4v) is 4.65. The molecule has 1 saturated heterocycles. The molecule has 43 heavy (non-hydrogen) atoms. The van der Waals surface area contributed by atoms with Crippen LogP contribution in [0.1, 0.15) is 84.2 Å². The molecule has 1 heterocycles. The molecule has 1 aliphatic rings. The van der Waals surface area contributed by atoms with Crippen molar-refractivity contribution in [2.24, 2.45) is 22.4 Å². The van der Waals surface area contributed by atoms with Gasteiger partial charge in [-0.25, -0.2) is 0 Å². The summed E-state index contributed by atoms with van der Waals surface area (Å²) in [6.45, 7) is 7.43. The average Bonchev–Trinajstić information content (AvgIpc) is 2.97. The summed E-state index contributed by atoms with van der Waals surface area (Å²) in [6.07, 6.45) is 2.97. The van der Waals surface area contributed by atoms with Crippen molar-refractivity contribution in [1.29, 1.82) is 0 Å². The van der Waals surface area contributed by atoms with Crippen molar-refractivity contribution < 1.29 is 24.0 Å². The van der Waals surface area contributed by atoms with Crippen LogP contribution in [0.3, 0.4) is 0 Å². The monoisotopic (exact) mass is 600 g/mol. The second-order valence-corrected chi connectivity index (χ2v) is 11.4. The van der Waals surface area contributed by atoms with Gasteiger partial charge in [-0.05, 0) is 44.6 Å². The van der Waals surface area contributed by atoms with Crippen LogP contribution in [0.25, 0.3) is 0 Å². The fourth-order valence-electron chi connectivity index (χ4n) is 4.65. The minimum absolute atomic E-state index is 0.0916. The Bertz CT molecular complexity index is 1140. The number of nitrogens with one attached hydrogen (secondary N) is 5. The van der Waals surface area contributed by atoms with E-state index in [0.29, 0.717) is 44.2 Å². The molecule has 2 rings (SSSR count). The Hall–Kier alpha value is -4.16. The van der Waals surface area contributed by atoms with Gasteiger partial charge in [0, 0.05) is 19.0 Å². The number of benzene rings is 1. The zero-order valence-corrected chi connectivity index (χ0v) is 25.7. The number of aliphatic imine (C=N–C) groups is 1. The molecule has 1 unspecified atom stereocenters. The number of amides is 5. The normalized spacial score (nSPS) is 24.5. The van der Waals surface area contributed by atoms with E-state index in [-0.39, 0.29) is 43.1 Å². The van der Waals surface area contributed by atoms with Crippen LogP contribution in [0, 0.1) is 5.92 Å². The van der Waals surface area contributed by atoms with Crippen LogP contribution in [-0.2, 0) is 24.0 Å². The first-order valence-corrected chi connectivity index (χ1v) is 15.0. The molecule has 1 aliphatic heterocycles. The molecule has 13 nitrogen and oxygen atoms in total. The molecule has 238 valence electrons. The van der Waals surface area contributed by atoms with Crippen LogP contribution >= 0.6 is 0 Å². The van der Waals surface area contributed by atoms with Gasteiger partial charge in [0.05, 0.1) is 0 Å². The van der Waals surface area contributed by atoms with Crippen LogP contribution in [0.5, 0.6) is 0 Å². The van der Waals surface area contributed by atoms with Crippen molar-refractivity contribution in [3.8, 4) is 0 Å². The molecule has 0 saturated carbocycles. The van der Waals surface area contributed by atoms with E-state index in [1.54, 1.807) is 52.0 Å². The number of hydrogen-bond donors (Lipinski definition) is 7. The van der Waals surface area contributed by atoms with Crippen molar-refractivity contribution >= 4 is 35.5 Å². The first kappa shape index (κ1) is 35.0. The predicted octanol–water partition coefficient (Wildman–Crippen LogP) is 0.498. The van der Waals surface area contributed by atoms with E-state index in [4.69, 9.17) is 11.5 Å². The van der Waals surface area contributed by atoms with Gasteiger partial charge in [-0.3, -0.25) is 29.0 Å². The number of carbonyl (C=O) groups is 5. The average molecular weight is 601 g/mol. The summed E-state index contributed by atoms with van der Waals surface area (Å²) in [6, 6.07) is 5.90. The van der Waals surface area contributed by atoms with Crippen LogP contribution in [0.2, 0.25) is 0 Å². The molecule has 1 fully saturated rings. The molecule has 0 aromatic heterocycles. The van der Waals surface area contributed by atoms with E-state index in [1.165, 1.54) is 0 Å². The Balaban J connectivity index is 2.41.